The number of hydrogen-bond donors (Lipinski definition) is 1. The topological polar surface area (TPSA) is 55.4 Å². The van der Waals surface area contributed by atoms with Crippen molar-refractivity contribution in [3.05, 3.63) is 0 Å². The van der Waals surface area contributed by atoms with Crippen LogP contribution < -0.4 is 5.32 Å². The van der Waals surface area contributed by atoms with Crippen molar-refractivity contribution in [3.63, 3.8) is 0 Å². The van der Waals surface area contributed by atoms with Crippen molar-refractivity contribution in [2.45, 2.75) is 26.7 Å². The monoisotopic (exact) mass is 187 g/mol. The highest BCUT2D eigenvalue weighted by atomic mass is 16.5. The lowest BCUT2D eigenvalue weighted by Crippen LogP contribution is -2.35. The van der Waals surface area contributed by atoms with Gasteiger partial charge < -0.3 is 10.1 Å². The molecule has 0 saturated carbocycles. The van der Waals surface area contributed by atoms with E-state index in [9.17, 15) is 9.59 Å². The van der Waals surface area contributed by atoms with Crippen LogP contribution in [0.2, 0.25) is 0 Å². The van der Waals surface area contributed by atoms with Gasteiger partial charge in [-0.2, -0.15) is 0 Å². The van der Waals surface area contributed by atoms with Gasteiger partial charge in [-0.25, -0.2) is 4.79 Å². The molecule has 0 aliphatic heterocycles. The second-order valence-electron chi connectivity index (χ2n) is 2.88. The summed E-state index contributed by atoms with van der Waals surface area (Å²) < 4.78 is 4.26. The van der Waals surface area contributed by atoms with Gasteiger partial charge in [0.25, 0.3) is 0 Å². The molecule has 0 fully saturated rings. The summed E-state index contributed by atoms with van der Waals surface area (Å²) in [6.45, 7) is 4.65. The van der Waals surface area contributed by atoms with Crippen molar-refractivity contribution in [1.82, 2.24) is 5.32 Å². The van der Waals surface area contributed by atoms with E-state index in [4.69, 9.17) is 0 Å². The van der Waals surface area contributed by atoms with Crippen LogP contribution in [0.25, 0.3) is 0 Å². The largest absolute Gasteiger partial charge is 0.462 e. The van der Waals surface area contributed by atoms with Gasteiger partial charge in [0.05, 0.1) is 7.11 Å². The van der Waals surface area contributed by atoms with Gasteiger partial charge >= 0.3 is 11.9 Å². The Kier molecular flexibility index (Phi) is 5.93. The van der Waals surface area contributed by atoms with Crippen molar-refractivity contribution in [2.75, 3.05) is 13.7 Å². The number of methoxy groups -OCH3 is 1. The Morgan fingerprint density at radius 2 is 1.85 bits per heavy atom. The van der Waals surface area contributed by atoms with Crippen LogP contribution in [0.15, 0.2) is 0 Å². The maximum Gasteiger partial charge on any atom is 0.396 e. The van der Waals surface area contributed by atoms with E-state index in [0.29, 0.717) is 12.5 Å². The molecule has 1 amide bonds. The Morgan fingerprint density at radius 3 is 2.23 bits per heavy atom. The van der Waals surface area contributed by atoms with Crippen LogP contribution in [0.5, 0.6) is 0 Å². The lowest BCUT2D eigenvalue weighted by molar-refractivity contribution is -0.152. The lowest BCUT2D eigenvalue weighted by Gasteiger charge is -2.11. The molecule has 0 aliphatic rings. The third kappa shape index (κ3) is 4.50. The Morgan fingerprint density at radius 1 is 1.31 bits per heavy atom. The Balaban J connectivity index is 3.74. The molecule has 0 aliphatic carbocycles. The molecule has 13 heavy (non-hydrogen) atoms. The van der Waals surface area contributed by atoms with E-state index in [0.717, 1.165) is 12.8 Å². The van der Waals surface area contributed by atoms with Crippen LogP contribution in [0.4, 0.5) is 0 Å². The summed E-state index contributed by atoms with van der Waals surface area (Å²) in [7, 11) is 1.19. The minimum atomic E-state index is -0.828. The van der Waals surface area contributed by atoms with E-state index >= 15 is 0 Å². The molecule has 4 heteroatoms. The van der Waals surface area contributed by atoms with Crippen molar-refractivity contribution < 1.29 is 14.3 Å². The zero-order valence-corrected chi connectivity index (χ0v) is 8.42. The highest BCUT2D eigenvalue weighted by Gasteiger charge is 2.14. The van der Waals surface area contributed by atoms with E-state index in [-0.39, 0.29) is 0 Å². The zero-order chi connectivity index (χ0) is 10.3. The summed E-state index contributed by atoms with van der Waals surface area (Å²) in [4.78, 5) is 21.6. The third-order valence-electron chi connectivity index (χ3n) is 2.08. The molecule has 0 unspecified atom stereocenters. The molecule has 0 spiro atoms. The number of ether oxygens (including phenoxy) is 1. The lowest BCUT2D eigenvalue weighted by atomic mass is 10.0. The van der Waals surface area contributed by atoms with E-state index in [1.54, 1.807) is 0 Å². The van der Waals surface area contributed by atoms with E-state index in [2.05, 4.69) is 23.9 Å². The van der Waals surface area contributed by atoms with Crippen LogP contribution in [-0.4, -0.2) is 25.5 Å². The van der Waals surface area contributed by atoms with Crippen LogP contribution >= 0.6 is 0 Å². The summed E-state index contributed by atoms with van der Waals surface area (Å²) in [5.41, 5.74) is 0. The molecule has 0 radical (unpaired) electrons. The van der Waals surface area contributed by atoms with E-state index in [1.807, 2.05) is 0 Å². The molecule has 0 heterocycles. The maximum absolute atomic E-state index is 10.9. The maximum atomic E-state index is 10.9. The third-order valence-corrected chi connectivity index (χ3v) is 2.08. The van der Waals surface area contributed by atoms with Gasteiger partial charge in [0.1, 0.15) is 0 Å². The van der Waals surface area contributed by atoms with E-state index in [1.165, 1.54) is 7.11 Å². The predicted octanol–water partition coefficient (Wildman–Crippen LogP) is 0.712. The molecule has 4 nitrogen and oxygen atoms in total. The average Bonchev–Trinajstić information content (AvgIpc) is 2.17. The number of esters is 1. The first-order valence-electron chi connectivity index (χ1n) is 4.51. The Bertz CT molecular complexity index is 176. The fourth-order valence-electron chi connectivity index (χ4n) is 0.979. The summed E-state index contributed by atoms with van der Waals surface area (Å²) in [6.07, 6.45) is 2.00. The number of nitrogens with one attached hydrogen (secondary N) is 1. The first-order chi connectivity index (χ1) is 6.15. The second kappa shape index (κ2) is 6.46. The predicted molar refractivity (Wildman–Crippen MR) is 49.1 cm³/mol. The quantitative estimate of drug-likeness (QED) is 0.521. The number of amides is 1. The molecule has 0 aromatic heterocycles. The van der Waals surface area contributed by atoms with Crippen LogP contribution in [0.1, 0.15) is 26.7 Å². The summed E-state index contributed by atoms with van der Waals surface area (Å²) in [5.74, 6) is -1.05. The van der Waals surface area contributed by atoms with Crippen LogP contribution in [-0.2, 0) is 14.3 Å². The first kappa shape index (κ1) is 11.9. The van der Waals surface area contributed by atoms with Gasteiger partial charge in [-0.3, -0.25) is 4.79 Å². The SMILES string of the molecule is CCC(CC)CNC(=O)C(=O)OC. The molecule has 0 rings (SSSR count). The number of rotatable bonds is 4. The van der Waals surface area contributed by atoms with Crippen LogP contribution in [0, 0.1) is 5.92 Å². The Hall–Kier alpha value is -1.06. The van der Waals surface area contributed by atoms with Gasteiger partial charge in [0, 0.05) is 6.54 Å². The van der Waals surface area contributed by atoms with Gasteiger partial charge in [-0.05, 0) is 5.92 Å². The van der Waals surface area contributed by atoms with Gasteiger partial charge in [-0.15, -0.1) is 0 Å². The van der Waals surface area contributed by atoms with E-state index < -0.39 is 11.9 Å². The van der Waals surface area contributed by atoms with Crippen molar-refractivity contribution in [1.29, 1.82) is 0 Å². The molecule has 0 aromatic carbocycles. The zero-order valence-electron chi connectivity index (χ0n) is 8.42. The minimum absolute atomic E-state index is 0.439. The van der Waals surface area contributed by atoms with Crippen molar-refractivity contribution >= 4 is 11.9 Å². The summed E-state index contributed by atoms with van der Waals surface area (Å²) in [6, 6.07) is 0. The number of carbonyl (C=O) groups excluding carboxylic acids is 2. The molecule has 76 valence electrons. The smallest absolute Gasteiger partial charge is 0.396 e. The van der Waals surface area contributed by atoms with Crippen molar-refractivity contribution in [2.24, 2.45) is 5.92 Å². The molecule has 0 atom stereocenters. The molecular weight excluding hydrogens is 170 g/mol. The molecule has 0 bridgehead atoms. The minimum Gasteiger partial charge on any atom is -0.462 e. The summed E-state index contributed by atoms with van der Waals surface area (Å²) in [5, 5.41) is 2.52. The number of hydrogen-bond acceptors (Lipinski definition) is 3. The van der Waals surface area contributed by atoms with Crippen molar-refractivity contribution in [3.8, 4) is 0 Å². The fourth-order valence-corrected chi connectivity index (χ4v) is 0.979. The Labute approximate surface area is 78.6 Å². The molecular formula is C9H17NO3. The van der Waals surface area contributed by atoms with Gasteiger partial charge in [-0.1, -0.05) is 26.7 Å². The van der Waals surface area contributed by atoms with Gasteiger partial charge in [0.15, 0.2) is 0 Å². The highest BCUT2D eigenvalue weighted by Crippen LogP contribution is 2.04. The fraction of sp³-hybridized carbons (Fsp3) is 0.778. The summed E-state index contributed by atoms with van der Waals surface area (Å²) >= 11 is 0. The first-order valence-corrected chi connectivity index (χ1v) is 4.51. The standard InChI is InChI=1S/C9H17NO3/c1-4-7(5-2)6-10-8(11)9(12)13-3/h7H,4-6H2,1-3H3,(H,10,11). The normalized spacial score (nSPS) is 9.85. The second-order valence-corrected chi connectivity index (χ2v) is 2.88. The van der Waals surface area contributed by atoms with Crippen LogP contribution in [0.3, 0.4) is 0 Å². The number of carbonyl (C=O) groups is 2. The molecule has 1 N–H and O–H groups in total. The highest BCUT2D eigenvalue weighted by molar-refractivity contribution is 6.32. The van der Waals surface area contributed by atoms with Gasteiger partial charge in [0.2, 0.25) is 0 Å². The molecule has 0 saturated heterocycles. The average molecular weight is 187 g/mol. The molecule has 0 aromatic rings.